The molecule has 0 amide bonds. The quantitative estimate of drug-likeness (QED) is 0.629. The lowest BCUT2D eigenvalue weighted by Gasteiger charge is -2.02. The van der Waals surface area contributed by atoms with E-state index in [-0.39, 0.29) is 6.29 Å². The second-order valence-electron chi connectivity index (χ2n) is 2.16. The van der Waals surface area contributed by atoms with E-state index >= 15 is 0 Å². The third kappa shape index (κ3) is 1.47. The summed E-state index contributed by atoms with van der Waals surface area (Å²) in [5, 5.41) is 0. The van der Waals surface area contributed by atoms with Gasteiger partial charge in [-0.3, -0.25) is 4.79 Å². The van der Waals surface area contributed by atoms with E-state index in [1.54, 1.807) is 0 Å². The average molecular weight is 174 g/mol. The Labute approximate surface area is 66.8 Å². The molecule has 0 spiro atoms. The van der Waals surface area contributed by atoms with E-state index in [4.69, 9.17) is 0 Å². The summed E-state index contributed by atoms with van der Waals surface area (Å²) in [7, 11) is 0. The van der Waals surface area contributed by atoms with Gasteiger partial charge in [-0.05, 0) is 6.07 Å². The summed E-state index contributed by atoms with van der Waals surface area (Å²) < 4.78 is 36.8. The molecule has 1 rings (SSSR count). The summed E-state index contributed by atoms with van der Waals surface area (Å²) >= 11 is 0. The van der Waals surface area contributed by atoms with Gasteiger partial charge in [0, 0.05) is 5.56 Å². The largest absolute Gasteiger partial charge is 0.298 e. The van der Waals surface area contributed by atoms with E-state index in [9.17, 15) is 18.0 Å². The topological polar surface area (TPSA) is 17.1 Å². The molecule has 0 saturated carbocycles. The van der Waals surface area contributed by atoms with E-state index in [0.717, 1.165) is 18.2 Å². The van der Waals surface area contributed by atoms with Crippen molar-refractivity contribution in [1.29, 1.82) is 0 Å². The van der Waals surface area contributed by atoms with Crippen LogP contribution >= 0.6 is 0 Å². The molecular weight excluding hydrogens is 169 g/mol. The maximum Gasteiger partial charge on any atom is 0.264 e. The molecule has 0 aromatic heterocycles. The fourth-order valence-electron chi connectivity index (χ4n) is 0.868. The zero-order valence-electron chi connectivity index (χ0n) is 5.93. The number of benzene rings is 1. The van der Waals surface area contributed by atoms with Crippen molar-refractivity contribution in [2.75, 3.05) is 0 Å². The molecule has 1 aromatic carbocycles. The van der Waals surface area contributed by atoms with Gasteiger partial charge in [-0.25, -0.2) is 13.2 Å². The van der Waals surface area contributed by atoms with Crippen molar-refractivity contribution in [2.45, 2.75) is 6.43 Å². The second kappa shape index (κ2) is 3.38. The zero-order valence-corrected chi connectivity index (χ0v) is 5.93. The summed E-state index contributed by atoms with van der Waals surface area (Å²) in [6, 6.07) is 3.14. The fourth-order valence-corrected chi connectivity index (χ4v) is 0.868. The van der Waals surface area contributed by atoms with E-state index in [2.05, 4.69) is 0 Å². The normalized spacial score (nSPS) is 10.3. The highest BCUT2D eigenvalue weighted by Gasteiger charge is 2.14. The monoisotopic (exact) mass is 174 g/mol. The van der Waals surface area contributed by atoms with Crippen LogP contribution in [0.5, 0.6) is 0 Å². The summed E-state index contributed by atoms with van der Waals surface area (Å²) in [5.41, 5.74) is -1.13. The van der Waals surface area contributed by atoms with Gasteiger partial charge in [0.15, 0.2) is 6.29 Å². The van der Waals surface area contributed by atoms with Crippen LogP contribution in [0.4, 0.5) is 13.2 Å². The van der Waals surface area contributed by atoms with Crippen LogP contribution in [-0.4, -0.2) is 6.29 Å². The molecule has 0 bridgehead atoms. The Kier molecular flexibility index (Phi) is 2.47. The molecule has 0 fully saturated rings. The minimum Gasteiger partial charge on any atom is -0.298 e. The zero-order chi connectivity index (χ0) is 9.14. The minimum absolute atomic E-state index is 0.0941. The Morgan fingerprint density at radius 3 is 2.42 bits per heavy atom. The van der Waals surface area contributed by atoms with Gasteiger partial charge in [-0.15, -0.1) is 0 Å². The summed E-state index contributed by atoms with van der Waals surface area (Å²) in [5.74, 6) is -0.914. The standard InChI is InChI=1S/C8H5F3O/c9-7-3-1-2-5(8(10)11)6(7)4-12/h1-4,8H. The number of hydrogen-bond donors (Lipinski definition) is 0. The maximum absolute atomic E-state index is 12.6. The van der Waals surface area contributed by atoms with E-state index in [1.807, 2.05) is 0 Å². The molecule has 0 aliphatic carbocycles. The molecule has 0 radical (unpaired) electrons. The van der Waals surface area contributed by atoms with Crippen molar-refractivity contribution in [1.82, 2.24) is 0 Å². The van der Waals surface area contributed by atoms with Crippen molar-refractivity contribution in [3.05, 3.63) is 35.1 Å². The lowest BCUT2D eigenvalue weighted by atomic mass is 10.1. The Bertz CT molecular complexity index is 296. The number of carbonyl (C=O) groups excluding carboxylic acids is 1. The van der Waals surface area contributed by atoms with Crippen molar-refractivity contribution >= 4 is 6.29 Å². The molecule has 0 atom stereocenters. The number of alkyl halides is 2. The van der Waals surface area contributed by atoms with E-state index in [1.165, 1.54) is 0 Å². The Balaban J connectivity index is 3.27. The van der Waals surface area contributed by atoms with E-state index in [0.29, 0.717) is 0 Å². The third-order valence-corrected chi connectivity index (χ3v) is 1.44. The van der Waals surface area contributed by atoms with Gasteiger partial charge in [0.25, 0.3) is 6.43 Å². The third-order valence-electron chi connectivity index (χ3n) is 1.44. The summed E-state index contributed by atoms with van der Waals surface area (Å²) in [6.45, 7) is 0. The van der Waals surface area contributed by atoms with Crippen LogP contribution in [0, 0.1) is 5.82 Å². The molecule has 1 aromatic rings. The van der Waals surface area contributed by atoms with Crippen molar-refractivity contribution < 1.29 is 18.0 Å². The average Bonchev–Trinajstić information content (AvgIpc) is 2.03. The highest BCUT2D eigenvalue weighted by atomic mass is 19.3. The van der Waals surface area contributed by atoms with Crippen molar-refractivity contribution in [3.63, 3.8) is 0 Å². The van der Waals surface area contributed by atoms with Gasteiger partial charge in [-0.2, -0.15) is 0 Å². The molecule has 0 N–H and O–H groups in total. The summed E-state index contributed by atoms with van der Waals surface area (Å²) in [6.07, 6.45) is -2.72. The maximum atomic E-state index is 12.6. The first-order valence-electron chi connectivity index (χ1n) is 3.18. The van der Waals surface area contributed by atoms with Gasteiger partial charge in [0.05, 0.1) is 5.56 Å². The Hall–Kier alpha value is -1.32. The first-order chi connectivity index (χ1) is 5.66. The lowest BCUT2D eigenvalue weighted by Crippen LogP contribution is -1.96. The molecule has 1 nitrogen and oxygen atoms in total. The van der Waals surface area contributed by atoms with Crippen LogP contribution in [0.3, 0.4) is 0 Å². The first-order valence-corrected chi connectivity index (χ1v) is 3.18. The van der Waals surface area contributed by atoms with Gasteiger partial charge in [0.1, 0.15) is 5.82 Å². The highest BCUT2D eigenvalue weighted by Crippen LogP contribution is 2.23. The minimum atomic E-state index is -2.82. The van der Waals surface area contributed by atoms with Crippen LogP contribution < -0.4 is 0 Å². The SMILES string of the molecule is O=Cc1c(F)cccc1C(F)F. The van der Waals surface area contributed by atoms with Gasteiger partial charge in [0.2, 0.25) is 0 Å². The molecule has 0 heterocycles. The first kappa shape index (κ1) is 8.77. The van der Waals surface area contributed by atoms with Crippen LogP contribution in [-0.2, 0) is 0 Å². The van der Waals surface area contributed by atoms with Gasteiger partial charge in [-0.1, -0.05) is 12.1 Å². The van der Waals surface area contributed by atoms with Gasteiger partial charge < -0.3 is 0 Å². The predicted molar refractivity (Wildman–Crippen MR) is 36.7 cm³/mol. The smallest absolute Gasteiger partial charge is 0.264 e. The lowest BCUT2D eigenvalue weighted by molar-refractivity contribution is 0.110. The number of hydrogen-bond acceptors (Lipinski definition) is 1. The van der Waals surface area contributed by atoms with Crippen LogP contribution in [0.1, 0.15) is 22.3 Å². The fraction of sp³-hybridized carbons (Fsp3) is 0.125. The molecule has 0 saturated heterocycles. The predicted octanol–water partition coefficient (Wildman–Crippen LogP) is 2.58. The summed E-state index contributed by atoms with van der Waals surface area (Å²) in [4.78, 5) is 10.2. The second-order valence-corrected chi connectivity index (χ2v) is 2.16. The van der Waals surface area contributed by atoms with Crippen LogP contribution in [0.15, 0.2) is 18.2 Å². The highest BCUT2D eigenvalue weighted by molar-refractivity contribution is 5.77. The van der Waals surface area contributed by atoms with Gasteiger partial charge >= 0.3 is 0 Å². The molecular formula is C8H5F3O. The molecule has 4 heteroatoms. The Morgan fingerprint density at radius 1 is 1.33 bits per heavy atom. The van der Waals surface area contributed by atoms with E-state index < -0.39 is 23.4 Å². The molecule has 0 aliphatic rings. The number of carbonyl (C=O) groups is 1. The number of rotatable bonds is 2. The number of halogens is 3. The van der Waals surface area contributed by atoms with Crippen molar-refractivity contribution in [3.8, 4) is 0 Å². The van der Waals surface area contributed by atoms with Crippen LogP contribution in [0.2, 0.25) is 0 Å². The molecule has 12 heavy (non-hydrogen) atoms. The molecule has 0 aliphatic heterocycles. The molecule has 64 valence electrons. The number of aldehydes is 1. The molecule has 0 unspecified atom stereocenters. The van der Waals surface area contributed by atoms with Crippen molar-refractivity contribution in [2.24, 2.45) is 0 Å². The Morgan fingerprint density at radius 2 is 2.00 bits per heavy atom. The van der Waals surface area contributed by atoms with Crippen LogP contribution in [0.25, 0.3) is 0 Å².